The lowest BCUT2D eigenvalue weighted by Crippen LogP contribution is -2.42. The van der Waals surface area contributed by atoms with Crippen molar-refractivity contribution in [2.24, 2.45) is 5.41 Å². The van der Waals surface area contributed by atoms with Crippen molar-refractivity contribution in [2.75, 3.05) is 13.6 Å². The molecular weight excluding hydrogens is 238 g/mol. The highest BCUT2D eigenvalue weighted by Gasteiger charge is 2.26. The zero-order valence-electron chi connectivity index (χ0n) is 11.9. The topological polar surface area (TPSA) is 64.9 Å². The van der Waals surface area contributed by atoms with Gasteiger partial charge in [0.2, 0.25) is 5.91 Å². The number of nitrogens with zero attached hydrogens (tertiary/aromatic N) is 1. The smallest absolute Gasteiger partial charge is 0.226 e. The molecule has 0 aliphatic carbocycles. The van der Waals surface area contributed by atoms with E-state index in [-0.39, 0.29) is 11.9 Å². The molecule has 1 aromatic carbocycles. The Morgan fingerprint density at radius 3 is 2.74 bits per heavy atom. The zero-order valence-corrected chi connectivity index (χ0v) is 11.9. The molecule has 0 saturated carbocycles. The van der Waals surface area contributed by atoms with Gasteiger partial charge in [-0.2, -0.15) is 5.26 Å². The molecular formula is C15H21N3O. The van der Waals surface area contributed by atoms with Crippen molar-refractivity contribution in [3.05, 3.63) is 35.4 Å². The van der Waals surface area contributed by atoms with E-state index in [4.69, 9.17) is 5.26 Å². The second-order valence-corrected chi connectivity index (χ2v) is 5.30. The van der Waals surface area contributed by atoms with Crippen LogP contribution in [0, 0.1) is 16.7 Å². The second-order valence-electron chi connectivity index (χ2n) is 5.30. The first-order valence-electron chi connectivity index (χ1n) is 6.36. The predicted octanol–water partition coefficient (Wildman–Crippen LogP) is 1.98. The van der Waals surface area contributed by atoms with E-state index >= 15 is 0 Å². The standard InChI is InChI=1S/C15H21N3O/c1-11(13-7-5-6-12(8-13)9-16)18-10-15(2,3)14(19)17-4/h5-8,11,18H,10H2,1-4H3,(H,17,19)/t11-/m1/s1. The Hall–Kier alpha value is -1.86. The third-order valence-electron chi connectivity index (χ3n) is 3.21. The van der Waals surface area contributed by atoms with Crippen LogP contribution in [0.2, 0.25) is 0 Å². The number of benzene rings is 1. The molecule has 0 radical (unpaired) electrons. The maximum Gasteiger partial charge on any atom is 0.226 e. The summed E-state index contributed by atoms with van der Waals surface area (Å²) in [7, 11) is 1.64. The van der Waals surface area contributed by atoms with Crippen molar-refractivity contribution in [1.29, 1.82) is 5.26 Å². The summed E-state index contributed by atoms with van der Waals surface area (Å²) in [4.78, 5) is 11.7. The third kappa shape index (κ3) is 4.08. The number of nitrogens with one attached hydrogen (secondary N) is 2. The normalized spacial score (nSPS) is 12.6. The van der Waals surface area contributed by atoms with Crippen molar-refractivity contribution in [2.45, 2.75) is 26.8 Å². The van der Waals surface area contributed by atoms with E-state index in [0.717, 1.165) is 5.56 Å². The molecule has 0 saturated heterocycles. The summed E-state index contributed by atoms with van der Waals surface area (Å²) in [6.07, 6.45) is 0. The predicted molar refractivity (Wildman–Crippen MR) is 75.4 cm³/mol. The van der Waals surface area contributed by atoms with E-state index < -0.39 is 5.41 Å². The number of amides is 1. The molecule has 4 heteroatoms. The van der Waals surface area contributed by atoms with Crippen molar-refractivity contribution < 1.29 is 4.79 Å². The average Bonchev–Trinajstić information content (AvgIpc) is 2.43. The highest BCUT2D eigenvalue weighted by Crippen LogP contribution is 2.18. The number of hydrogen-bond acceptors (Lipinski definition) is 3. The molecule has 2 N–H and O–H groups in total. The molecule has 1 rings (SSSR count). The molecule has 0 bridgehead atoms. The lowest BCUT2D eigenvalue weighted by Gasteiger charge is -2.25. The minimum atomic E-state index is -0.462. The van der Waals surface area contributed by atoms with Gasteiger partial charge in [0.15, 0.2) is 0 Å². The minimum Gasteiger partial charge on any atom is -0.359 e. The maximum atomic E-state index is 11.7. The van der Waals surface area contributed by atoms with Crippen molar-refractivity contribution >= 4 is 5.91 Å². The average molecular weight is 259 g/mol. The molecule has 0 heterocycles. The number of carbonyl (C=O) groups is 1. The summed E-state index contributed by atoms with van der Waals surface area (Å²) in [6.45, 7) is 6.40. The number of rotatable bonds is 5. The molecule has 4 nitrogen and oxygen atoms in total. The van der Waals surface area contributed by atoms with Crippen LogP contribution in [0.4, 0.5) is 0 Å². The van der Waals surface area contributed by atoms with Gasteiger partial charge in [-0.15, -0.1) is 0 Å². The Morgan fingerprint density at radius 1 is 1.47 bits per heavy atom. The summed E-state index contributed by atoms with van der Waals surface area (Å²) >= 11 is 0. The molecule has 1 amide bonds. The lowest BCUT2D eigenvalue weighted by molar-refractivity contribution is -0.128. The van der Waals surface area contributed by atoms with E-state index in [1.165, 1.54) is 0 Å². The van der Waals surface area contributed by atoms with Crippen LogP contribution >= 0.6 is 0 Å². The van der Waals surface area contributed by atoms with Gasteiger partial charge in [0, 0.05) is 19.6 Å². The minimum absolute atomic E-state index is 0.0120. The number of nitriles is 1. The number of carbonyl (C=O) groups excluding carboxylic acids is 1. The molecule has 1 aromatic rings. The summed E-state index contributed by atoms with van der Waals surface area (Å²) < 4.78 is 0. The maximum absolute atomic E-state index is 11.7. The second kappa shape index (κ2) is 6.35. The van der Waals surface area contributed by atoms with Gasteiger partial charge in [0.25, 0.3) is 0 Å². The summed E-state index contributed by atoms with van der Waals surface area (Å²) in [5.41, 5.74) is 1.24. The third-order valence-corrected chi connectivity index (χ3v) is 3.21. The fourth-order valence-corrected chi connectivity index (χ4v) is 1.82. The van der Waals surface area contributed by atoms with Gasteiger partial charge in [-0.1, -0.05) is 12.1 Å². The molecule has 0 fully saturated rings. The van der Waals surface area contributed by atoms with E-state index in [1.807, 2.05) is 39.0 Å². The molecule has 0 aromatic heterocycles. The van der Waals surface area contributed by atoms with Gasteiger partial charge in [0.1, 0.15) is 0 Å². The molecule has 0 aliphatic heterocycles. The summed E-state index contributed by atoms with van der Waals surface area (Å²) in [6, 6.07) is 9.72. The lowest BCUT2D eigenvalue weighted by atomic mass is 9.91. The SMILES string of the molecule is CNC(=O)C(C)(C)CN[C@H](C)c1cccc(C#N)c1. The fraction of sp³-hybridized carbons (Fsp3) is 0.467. The van der Waals surface area contributed by atoms with E-state index in [2.05, 4.69) is 16.7 Å². The first-order valence-corrected chi connectivity index (χ1v) is 6.36. The highest BCUT2D eigenvalue weighted by molar-refractivity contribution is 5.81. The van der Waals surface area contributed by atoms with E-state index in [0.29, 0.717) is 12.1 Å². The Labute approximate surface area is 114 Å². The van der Waals surface area contributed by atoms with Gasteiger partial charge < -0.3 is 10.6 Å². The van der Waals surface area contributed by atoms with Crippen LogP contribution in [0.3, 0.4) is 0 Å². The molecule has 102 valence electrons. The van der Waals surface area contributed by atoms with Gasteiger partial charge >= 0.3 is 0 Å². The molecule has 19 heavy (non-hydrogen) atoms. The summed E-state index contributed by atoms with van der Waals surface area (Å²) in [5.74, 6) is 0.0120. The fourth-order valence-electron chi connectivity index (χ4n) is 1.82. The van der Waals surface area contributed by atoms with Gasteiger partial charge in [-0.05, 0) is 38.5 Å². The first kappa shape index (κ1) is 15.2. The van der Waals surface area contributed by atoms with Crippen LogP contribution in [-0.4, -0.2) is 19.5 Å². The Kier molecular flexibility index (Phi) is 5.08. The Bertz CT molecular complexity index is 488. The van der Waals surface area contributed by atoms with Crippen molar-refractivity contribution in [3.8, 4) is 6.07 Å². The van der Waals surface area contributed by atoms with Crippen LogP contribution in [0.15, 0.2) is 24.3 Å². The Morgan fingerprint density at radius 2 is 2.16 bits per heavy atom. The van der Waals surface area contributed by atoms with Crippen LogP contribution in [0.5, 0.6) is 0 Å². The summed E-state index contributed by atoms with van der Waals surface area (Å²) in [5, 5.41) is 14.9. The zero-order chi connectivity index (χ0) is 14.5. The van der Waals surface area contributed by atoms with Gasteiger partial charge in [-0.3, -0.25) is 4.79 Å². The molecule has 1 atom stereocenters. The van der Waals surface area contributed by atoms with Crippen LogP contribution in [0.25, 0.3) is 0 Å². The molecule has 0 unspecified atom stereocenters. The molecule has 0 aliphatic rings. The van der Waals surface area contributed by atoms with Crippen LogP contribution < -0.4 is 10.6 Å². The van der Waals surface area contributed by atoms with Gasteiger partial charge in [-0.25, -0.2) is 0 Å². The highest BCUT2D eigenvalue weighted by atomic mass is 16.2. The van der Waals surface area contributed by atoms with Gasteiger partial charge in [0.05, 0.1) is 17.0 Å². The van der Waals surface area contributed by atoms with Crippen molar-refractivity contribution in [3.63, 3.8) is 0 Å². The monoisotopic (exact) mass is 259 g/mol. The van der Waals surface area contributed by atoms with Crippen molar-refractivity contribution in [1.82, 2.24) is 10.6 Å². The largest absolute Gasteiger partial charge is 0.359 e. The first-order chi connectivity index (χ1) is 8.90. The quantitative estimate of drug-likeness (QED) is 0.849. The van der Waals surface area contributed by atoms with E-state index in [9.17, 15) is 4.79 Å². The molecule has 0 spiro atoms. The van der Waals surface area contributed by atoms with Crippen LogP contribution in [0.1, 0.15) is 37.9 Å². The Balaban J connectivity index is 2.68. The van der Waals surface area contributed by atoms with E-state index in [1.54, 1.807) is 13.1 Å². The number of hydrogen-bond donors (Lipinski definition) is 2. The van der Waals surface area contributed by atoms with Crippen LogP contribution in [-0.2, 0) is 4.79 Å².